The van der Waals surface area contributed by atoms with Gasteiger partial charge in [-0.05, 0) is 68.9 Å². The molecule has 2 aromatic rings. The molecule has 0 spiro atoms. The Morgan fingerprint density at radius 1 is 1.25 bits per heavy atom. The van der Waals surface area contributed by atoms with E-state index in [2.05, 4.69) is 59.8 Å². The topological polar surface area (TPSA) is 21.3 Å². The molecule has 0 aliphatic carbocycles. The van der Waals surface area contributed by atoms with Gasteiger partial charge in [0.1, 0.15) is 11.6 Å². The molecule has 0 radical (unpaired) electrons. The highest BCUT2D eigenvalue weighted by molar-refractivity contribution is 14.1. The predicted molar refractivity (Wildman–Crippen MR) is 94.8 cm³/mol. The molecular formula is C14H11Br2FINO. The number of rotatable bonds is 4. The number of anilines is 1. The lowest BCUT2D eigenvalue weighted by Gasteiger charge is -2.14. The van der Waals surface area contributed by atoms with Crippen LogP contribution in [0.25, 0.3) is 0 Å². The first kappa shape index (κ1) is 16.0. The van der Waals surface area contributed by atoms with Gasteiger partial charge in [-0.1, -0.05) is 15.9 Å². The molecule has 0 unspecified atom stereocenters. The number of nitrogens with one attached hydrogen (secondary N) is 1. The lowest BCUT2D eigenvalue weighted by Crippen LogP contribution is -2.04. The molecule has 0 aliphatic rings. The molecular weight excluding hydrogens is 504 g/mol. The van der Waals surface area contributed by atoms with E-state index in [1.54, 1.807) is 13.2 Å². The molecule has 0 heterocycles. The van der Waals surface area contributed by atoms with Gasteiger partial charge in [0.15, 0.2) is 0 Å². The standard InChI is InChI=1S/C14H11Br2FINO/c1-20-14-8(4-9(15)5-11(14)16)7-19-13-3-2-10(17)6-12(13)18/h2-6,19H,7H2,1H3. The van der Waals surface area contributed by atoms with Crippen molar-refractivity contribution < 1.29 is 9.13 Å². The second-order valence-corrected chi connectivity index (χ2v) is 6.99. The molecule has 0 fully saturated rings. The van der Waals surface area contributed by atoms with E-state index in [4.69, 9.17) is 4.74 Å². The average molecular weight is 515 g/mol. The first-order chi connectivity index (χ1) is 9.51. The van der Waals surface area contributed by atoms with Crippen LogP contribution in [0.2, 0.25) is 0 Å². The van der Waals surface area contributed by atoms with Crippen LogP contribution in [-0.2, 0) is 6.54 Å². The summed E-state index contributed by atoms with van der Waals surface area (Å²) in [5.74, 6) is 0.556. The number of hydrogen-bond donors (Lipinski definition) is 1. The van der Waals surface area contributed by atoms with Crippen LogP contribution >= 0.6 is 54.5 Å². The molecule has 0 amide bonds. The average Bonchev–Trinajstić information content (AvgIpc) is 2.37. The van der Waals surface area contributed by atoms with Crippen molar-refractivity contribution in [1.82, 2.24) is 0 Å². The maximum atomic E-state index is 13.1. The molecule has 0 atom stereocenters. The van der Waals surface area contributed by atoms with Crippen molar-refractivity contribution in [3.05, 3.63) is 54.2 Å². The minimum absolute atomic E-state index is 0.234. The number of hydrogen-bond acceptors (Lipinski definition) is 2. The zero-order valence-corrected chi connectivity index (χ0v) is 15.8. The molecule has 2 nitrogen and oxygen atoms in total. The van der Waals surface area contributed by atoms with Gasteiger partial charge in [0.2, 0.25) is 0 Å². The highest BCUT2D eigenvalue weighted by atomic mass is 127. The van der Waals surface area contributed by atoms with Crippen molar-refractivity contribution in [2.24, 2.45) is 0 Å². The zero-order valence-electron chi connectivity index (χ0n) is 10.5. The van der Waals surface area contributed by atoms with Crippen LogP contribution < -0.4 is 10.1 Å². The molecule has 0 saturated heterocycles. The SMILES string of the molecule is COc1c(Br)cc(Br)cc1CNc1ccc(F)cc1I. The van der Waals surface area contributed by atoms with Crippen molar-refractivity contribution in [2.75, 3.05) is 12.4 Å². The van der Waals surface area contributed by atoms with E-state index in [9.17, 15) is 4.39 Å². The number of methoxy groups -OCH3 is 1. The van der Waals surface area contributed by atoms with E-state index in [-0.39, 0.29) is 5.82 Å². The van der Waals surface area contributed by atoms with Gasteiger partial charge in [0.05, 0.1) is 11.6 Å². The molecule has 0 aromatic heterocycles. The summed E-state index contributed by atoms with van der Waals surface area (Å²) in [6.07, 6.45) is 0. The summed E-state index contributed by atoms with van der Waals surface area (Å²) in [5, 5.41) is 3.29. The van der Waals surface area contributed by atoms with Crippen LogP contribution in [0.4, 0.5) is 10.1 Å². The molecule has 2 rings (SSSR count). The summed E-state index contributed by atoms with van der Waals surface area (Å²) in [6.45, 7) is 0.586. The molecule has 2 aromatic carbocycles. The van der Waals surface area contributed by atoms with Crippen LogP contribution in [0.5, 0.6) is 5.75 Å². The molecule has 0 bridgehead atoms. The fraction of sp³-hybridized carbons (Fsp3) is 0.143. The largest absolute Gasteiger partial charge is 0.495 e. The molecule has 20 heavy (non-hydrogen) atoms. The van der Waals surface area contributed by atoms with Gasteiger partial charge in [-0.15, -0.1) is 0 Å². The Labute approximate surface area is 147 Å². The third-order valence-corrected chi connectivity index (χ3v) is 4.63. The summed E-state index contributed by atoms with van der Waals surface area (Å²) < 4.78 is 21.2. The summed E-state index contributed by atoms with van der Waals surface area (Å²) in [4.78, 5) is 0. The zero-order chi connectivity index (χ0) is 14.7. The third-order valence-electron chi connectivity index (χ3n) is 2.69. The van der Waals surface area contributed by atoms with Gasteiger partial charge < -0.3 is 10.1 Å². The maximum absolute atomic E-state index is 13.1. The highest BCUT2D eigenvalue weighted by Crippen LogP contribution is 2.33. The minimum atomic E-state index is -0.234. The van der Waals surface area contributed by atoms with Crippen molar-refractivity contribution in [2.45, 2.75) is 6.54 Å². The molecule has 6 heteroatoms. The maximum Gasteiger partial charge on any atom is 0.138 e. The number of halogens is 4. The molecule has 106 valence electrons. The van der Waals surface area contributed by atoms with E-state index in [0.29, 0.717) is 6.54 Å². The van der Waals surface area contributed by atoms with Gasteiger partial charge in [0.25, 0.3) is 0 Å². The van der Waals surface area contributed by atoms with Crippen LogP contribution in [0.1, 0.15) is 5.56 Å². The van der Waals surface area contributed by atoms with Crippen LogP contribution in [-0.4, -0.2) is 7.11 Å². The van der Waals surface area contributed by atoms with Crippen LogP contribution in [0.3, 0.4) is 0 Å². The van der Waals surface area contributed by atoms with Crippen LogP contribution in [0.15, 0.2) is 39.3 Å². The summed E-state index contributed by atoms with van der Waals surface area (Å²) in [6, 6.07) is 8.60. The Bertz CT molecular complexity index is 637. The van der Waals surface area contributed by atoms with Crippen molar-refractivity contribution in [3.8, 4) is 5.75 Å². The van der Waals surface area contributed by atoms with Gasteiger partial charge >= 0.3 is 0 Å². The quantitative estimate of drug-likeness (QED) is 0.538. The normalized spacial score (nSPS) is 10.4. The molecule has 0 aliphatic heterocycles. The van der Waals surface area contributed by atoms with E-state index < -0.39 is 0 Å². The molecule has 0 saturated carbocycles. The van der Waals surface area contributed by atoms with Crippen molar-refractivity contribution in [1.29, 1.82) is 0 Å². The van der Waals surface area contributed by atoms with Gasteiger partial charge in [0, 0.05) is 25.8 Å². The number of benzene rings is 2. The predicted octanol–water partition coefficient (Wildman–Crippen LogP) is 5.58. The summed E-state index contributed by atoms with van der Waals surface area (Å²) in [7, 11) is 1.64. The number of ether oxygens (including phenoxy) is 1. The lowest BCUT2D eigenvalue weighted by atomic mass is 10.2. The second-order valence-electron chi connectivity index (χ2n) is 4.06. The Morgan fingerprint density at radius 2 is 2.00 bits per heavy atom. The van der Waals surface area contributed by atoms with Crippen molar-refractivity contribution >= 4 is 60.1 Å². The van der Waals surface area contributed by atoms with E-state index in [1.807, 2.05) is 12.1 Å². The highest BCUT2D eigenvalue weighted by Gasteiger charge is 2.10. The van der Waals surface area contributed by atoms with E-state index in [1.165, 1.54) is 12.1 Å². The molecule has 1 N–H and O–H groups in total. The van der Waals surface area contributed by atoms with Crippen molar-refractivity contribution in [3.63, 3.8) is 0 Å². The van der Waals surface area contributed by atoms with Crippen LogP contribution in [0, 0.1) is 9.39 Å². The van der Waals surface area contributed by atoms with Gasteiger partial charge in [-0.3, -0.25) is 0 Å². The Balaban J connectivity index is 2.22. The van der Waals surface area contributed by atoms with Gasteiger partial charge in [-0.2, -0.15) is 0 Å². The summed E-state index contributed by atoms with van der Waals surface area (Å²) in [5.41, 5.74) is 1.90. The Hall–Kier alpha value is -0.340. The fourth-order valence-corrected chi connectivity index (χ4v) is 3.94. The minimum Gasteiger partial charge on any atom is -0.495 e. The monoisotopic (exact) mass is 513 g/mol. The second kappa shape index (κ2) is 7.09. The Morgan fingerprint density at radius 3 is 2.65 bits per heavy atom. The summed E-state index contributed by atoms with van der Waals surface area (Å²) >= 11 is 9.04. The first-order valence-electron chi connectivity index (χ1n) is 5.72. The lowest BCUT2D eigenvalue weighted by molar-refractivity contribution is 0.407. The first-order valence-corrected chi connectivity index (χ1v) is 8.38. The third kappa shape index (κ3) is 3.85. The smallest absolute Gasteiger partial charge is 0.138 e. The van der Waals surface area contributed by atoms with E-state index >= 15 is 0 Å². The van der Waals surface area contributed by atoms with Gasteiger partial charge in [-0.25, -0.2) is 4.39 Å². The Kier molecular flexibility index (Phi) is 5.68. The fourth-order valence-electron chi connectivity index (χ4n) is 1.80. The van der Waals surface area contributed by atoms with E-state index in [0.717, 1.165) is 29.5 Å².